The second kappa shape index (κ2) is 9.61. The number of rotatable bonds is 3. The molecule has 3 aliphatic rings. The third-order valence-electron chi connectivity index (χ3n) is 6.29. The highest BCUT2D eigenvalue weighted by Gasteiger charge is 2.39. The summed E-state index contributed by atoms with van der Waals surface area (Å²) in [6, 6.07) is 3.07. The SMILES string of the molecule is CN=C(NCCc1cc(F)cc2c1OCOC2)N1CCC2(CCCCC2)C1.I. The van der Waals surface area contributed by atoms with E-state index in [9.17, 15) is 4.39 Å². The van der Waals surface area contributed by atoms with Crippen LogP contribution in [0.4, 0.5) is 4.39 Å². The van der Waals surface area contributed by atoms with Gasteiger partial charge in [0.05, 0.1) is 6.61 Å². The number of nitrogens with one attached hydrogen (secondary N) is 1. The highest BCUT2D eigenvalue weighted by atomic mass is 127. The minimum Gasteiger partial charge on any atom is -0.467 e. The van der Waals surface area contributed by atoms with E-state index in [-0.39, 0.29) is 36.6 Å². The number of ether oxygens (including phenoxy) is 2. The Hall–Kier alpha value is -1.09. The Morgan fingerprint density at radius 2 is 2.07 bits per heavy atom. The fraction of sp³-hybridized carbons (Fsp3) is 0.667. The summed E-state index contributed by atoms with van der Waals surface area (Å²) in [5.41, 5.74) is 2.19. The Morgan fingerprint density at radius 1 is 1.25 bits per heavy atom. The molecule has 0 bridgehead atoms. The van der Waals surface area contributed by atoms with Gasteiger partial charge in [0.2, 0.25) is 0 Å². The summed E-state index contributed by atoms with van der Waals surface area (Å²) >= 11 is 0. The Balaban J connectivity index is 0.00000225. The van der Waals surface area contributed by atoms with Crippen LogP contribution in [0.5, 0.6) is 5.75 Å². The van der Waals surface area contributed by atoms with Crippen LogP contribution in [0.25, 0.3) is 0 Å². The maximum Gasteiger partial charge on any atom is 0.193 e. The zero-order chi connectivity index (χ0) is 18.7. The Morgan fingerprint density at radius 3 is 2.86 bits per heavy atom. The molecule has 2 heterocycles. The van der Waals surface area contributed by atoms with Gasteiger partial charge in [-0.25, -0.2) is 4.39 Å². The summed E-state index contributed by atoms with van der Waals surface area (Å²) in [5, 5.41) is 3.47. The van der Waals surface area contributed by atoms with Gasteiger partial charge < -0.3 is 19.7 Å². The van der Waals surface area contributed by atoms with Crippen molar-refractivity contribution in [1.82, 2.24) is 10.2 Å². The number of nitrogens with zero attached hydrogens (tertiary/aromatic N) is 2. The first-order valence-corrected chi connectivity index (χ1v) is 10.2. The van der Waals surface area contributed by atoms with Crippen molar-refractivity contribution < 1.29 is 13.9 Å². The summed E-state index contributed by atoms with van der Waals surface area (Å²) in [4.78, 5) is 6.89. The molecule has 1 N–H and O–H groups in total. The Kier molecular flexibility index (Phi) is 7.42. The fourth-order valence-corrected chi connectivity index (χ4v) is 4.91. The molecule has 1 aliphatic carbocycles. The number of guanidine groups is 1. The van der Waals surface area contributed by atoms with E-state index in [1.807, 2.05) is 7.05 Å². The van der Waals surface area contributed by atoms with E-state index in [1.165, 1.54) is 44.6 Å². The molecule has 0 aromatic heterocycles. The Labute approximate surface area is 184 Å². The van der Waals surface area contributed by atoms with Crippen LogP contribution >= 0.6 is 24.0 Å². The van der Waals surface area contributed by atoms with Gasteiger partial charge in [-0.1, -0.05) is 19.3 Å². The van der Waals surface area contributed by atoms with Gasteiger partial charge in [-0.3, -0.25) is 4.99 Å². The summed E-state index contributed by atoms with van der Waals surface area (Å²) < 4.78 is 24.8. The third kappa shape index (κ3) is 4.72. The monoisotopic (exact) mass is 503 g/mol. The molecule has 156 valence electrons. The molecule has 2 aliphatic heterocycles. The number of likely N-dealkylation sites (tertiary alicyclic amines) is 1. The molecule has 1 spiro atoms. The summed E-state index contributed by atoms with van der Waals surface area (Å²) in [5.74, 6) is 1.51. The molecule has 0 unspecified atom stereocenters. The van der Waals surface area contributed by atoms with Crippen LogP contribution in [-0.4, -0.2) is 44.3 Å². The lowest BCUT2D eigenvalue weighted by atomic mass is 9.73. The minimum atomic E-state index is -0.235. The number of hydrogen-bond acceptors (Lipinski definition) is 3. The van der Waals surface area contributed by atoms with Gasteiger partial charge in [-0.2, -0.15) is 0 Å². The van der Waals surface area contributed by atoms with Crippen molar-refractivity contribution in [2.24, 2.45) is 10.4 Å². The lowest BCUT2D eigenvalue weighted by Crippen LogP contribution is -2.42. The molecule has 0 atom stereocenters. The maximum absolute atomic E-state index is 13.9. The molecule has 7 heteroatoms. The van der Waals surface area contributed by atoms with Gasteiger partial charge in [0.1, 0.15) is 11.6 Å². The van der Waals surface area contributed by atoms with Crippen molar-refractivity contribution in [3.8, 4) is 5.75 Å². The quantitative estimate of drug-likeness (QED) is 0.384. The molecule has 0 amide bonds. The van der Waals surface area contributed by atoms with Gasteiger partial charge in [0, 0.05) is 32.2 Å². The summed E-state index contributed by atoms with van der Waals surface area (Å²) in [7, 11) is 1.85. The molecule has 1 saturated heterocycles. The predicted molar refractivity (Wildman–Crippen MR) is 119 cm³/mol. The highest BCUT2D eigenvalue weighted by Crippen LogP contribution is 2.43. The highest BCUT2D eigenvalue weighted by molar-refractivity contribution is 14.0. The first-order chi connectivity index (χ1) is 13.2. The van der Waals surface area contributed by atoms with Crippen LogP contribution in [0, 0.1) is 11.2 Å². The molecule has 0 radical (unpaired) electrons. The standard InChI is InChI=1S/C21H30FN3O2.HI/c1-23-20(25-10-8-21(14-25)6-3-2-4-7-21)24-9-5-16-11-18(22)12-17-13-26-15-27-19(16)17;/h11-12H,2-10,13-15H2,1H3,(H,23,24);1H. The molecule has 1 saturated carbocycles. The van der Waals surface area contributed by atoms with Crippen molar-refractivity contribution in [2.75, 3.05) is 33.5 Å². The normalized spacial score (nSPS) is 21.1. The van der Waals surface area contributed by atoms with Crippen LogP contribution in [0.2, 0.25) is 0 Å². The van der Waals surface area contributed by atoms with E-state index < -0.39 is 0 Å². The fourth-order valence-electron chi connectivity index (χ4n) is 4.91. The molecular formula is C21H31FIN3O2. The van der Waals surface area contributed by atoms with Crippen molar-refractivity contribution in [1.29, 1.82) is 0 Å². The number of aliphatic imine (C=N–C) groups is 1. The molecule has 2 fully saturated rings. The van der Waals surface area contributed by atoms with E-state index in [0.29, 0.717) is 25.0 Å². The van der Waals surface area contributed by atoms with Gasteiger partial charge in [-0.05, 0) is 48.8 Å². The average molecular weight is 503 g/mol. The second-order valence-corrected chi connectivity index (χ2v) is 8.12. The summed E-state index contributed by atoms with van der Waals surface area (Å²) in [6.45, 7) is 3.54. The topological polar surface area (TPSA) is 46.1 Å². The largest absolute Gasteiger partial charge is 0.467 e. The van der Waals surface area contributed by atoms with E-state index in [2.05, 4.69) is 15.2 Å². The van der Waals surface area contributed by atoms with Crippen molar-refractivity contribution in [2.45, 2.75) is 51.6 Å². The smallest absolute Gasteiger partial charge is 0.193 e. The van der Waals surface area contributed by atoms with Crippen molar-refractivity contribution in [3.05, 3.63) is 29.1 Å². The summed E-state index contributed by atoms with van der Waals surface area (Å²) in [6.07, 6.45) is 8.81. The van der Waals surface area contributed by atoms with Crippen LogP contribution in [0.3, 0.4) is 0 Å². The number of benzene rings is 1. The third-order valence-corrected chi connectivity index (χ3v) is 6.29. The molecule has 1 aromatic rings. The van der Waals surface area contributed by atoms with Gasteiger partial charge in [0.15, 0.2) is 12.8 Å². The van der Waals surface area contributed by atoms with Crippen LogP contribution in [0.1, 0.15) is 49.7 Å². The maximum atomic E-state index is 13.9. The lowest BCUT2D eigenvalue weighted by molar-refractivity contribution is -0.0172. The van der Waals surface area contributed by atoms with Crippen LogP contribution in [0.15, 0.2) is 17.1 Å². The van der Waals surface area contributed by atoms with Gasteiger partial charge >= 0.3 is 0 Å². The first kappa shape index (κ1) is 21.6. The zero-order valence-corrected chi connectivity index (χ0v) is 19.0. The van der Waals surface area contributed by atoms with E-state index in [0.717, 1.165) is 35.9 Å². The Bertz CT molecular complexity index is 707. The molecule has 28 heavy (non-hydrogen) atoms. The lowest BCUT2D eigenvalue weighted by Gasteiger charge is -2.33. The first-order valence-electron chi connectivity index (χ1n) is 10.2. The molecule has 4 rings (SSSR count). The van der Waals surface area contributed by atoms with Gasteiger partial charge in [0.25, 0.3) is 0 Å². The zero-order valence-electron chi connectivity index (χ0n) is 16.6. The molecule has 1 aromatic carbocycles. The van der Waals surface area contributed by atoms with Crippen molar-refractivity contribution in [3.63, 3.8) is 0 Å². The average Bonchev–Trinajstić information content (AvgIpc) is 3.08. The van der Waals surface area contributed by atoms with Crippen LogP contribution in [-0.2, 0) is 17.8 Å². The van der Waals surface area contributed by atoms with E-state index in [1.54, 1.807) is 6.07 Å². The molecular weight excluding hydrogens is 472 g/mol. The van der Waals surface area contributed by atoms with Gasteiger partial charge in [-0.15, -0.1) is 24.0 Å². The van der Waals surface area contributed by atoms with E-state index >= 15 is 0 Å². The molecule has 5 nitrogen and oxygen atoms in total. The number of halogens is 2. The van der Waals surface area contributed by atoms with E-state index in [4.69, 9.17) is 9.47 Å². The number of hydrogen-bond donors (Lipinski definition) is 1. The minimum absolute atomic E-state index is 0. The predicted octanol–water partition coefficient (Wildman–Crippen LogP) is 4.08. The van der Waals surface area contributed by atoms with Crippen LogP contribution < -0.4 is 10.1 Å². The number of fused-ring (bicyclic) bond motifs is 1. The second-order valence-electron chi connectivity index (χ2n) is 8.12. The van der Waals surface area contributed by atoms with Crippen molar-refractivity contribution >= 4 is 29.9 Å².